The fourth-order valence-corrected chi connectivity index (χ4v) is 5.83. The second-order valence-corrected chi connectivity index (χ2v) is 10.8. The van der Waals surface area contributed by atoms with Crippen LogP contribution in [-0.2, 0) is 21.3 Å². The molecule has 0 amide bonds. The lowest BCUT2D eigenvalue weighted by Crippen LogP contribution is -2.53. The summed E-state index contributed by atoms with van der Waals surface area (Å²) >= 11 is 0. The highest BCUT2D eigenvalue weighted by Crippen LogP contribution is 2.48. The normalized spacial score (nSPS) is 20.5. The number of morpholine rings is 1. The van der Waals surface area contributed by atoms with E-state index in [0.717, 1.165) is 41.5 Å². The predicted molar refractivity (Wildman–Crippen MR) is 127 cm³/mol. The first-order chi connectivity index (χ1) is 15.8. The molecule has 1 spiro atoms. The molecular weight excluding hydrogens is 444 g/mol. The first kappa shape index (κ1) is 22.5. The maximum atomic E-state index is 11.9. The number of quaternary nitrogens is 1. The van der Waals surface area contributed by atoms with Gasteiger partial charge >= 0.3 is 0 Å². The van der Waals surface area contributed by atoms with Crippen LogP contribution in [0, 0.1) is 0 Å². The summed E-state index contributed by atoms with van der Waals surface area (Å²) in [6.07, 6.45) is 1.26. The van der Waals surface area contributed by atoms with Crippen molar-refractivity contribution in [2.45, 2.75) is 13.5 Å². The minimum absolute atomic E-state index is 0.474. The van der Waals surface area contributed by atoms with E-state index in [4.69, 9.17) is 25.2 Å². The Labute approximate surface area is 194 Å². The topological polar surface area (TPSA) is 111 Å². The quantitative estimate of drug-likeness (QED) is 0.507. The Bertz CT molecular complexity index is 1160. The lowest BCUT2D eigenvalue weighted by Gasteiger charge is -2.40. The molecule has 4 bridgehead atoms. The SMILES string of the molecule is CCOc1c(CN2CCN(S(C)(=O)=O)CC2)nc2nc1[N+]1(CCOCC1)c1cc-2ccc1N. The van der Waals surface area contributed by atoms with Gasteiger partial charge in [0.25, 0.3) is 5.82 Å². The van der Waals surface area contributed by atoms with Gasteiger partial charge in [-0.1, -0.05) is 0 Å². The van der Waals surface area contributed by atoms with Gasteiger partial charge in [0.05, 0.1) is 31.8 Å². The fourth-order valence-electron chi connectivity index (χ4n) is 5.01. The molecule has 0 unspecified atom stereocenters. The highest BCUT2D eigenvalue weighted by Gasteiger charge is 2.45. The number of anilines is 1. The Morgan fingerprint density at radius 1 is 1.15 bits per heavy atom. The van der Waals surface area contributed by atoms with E-state index in [1.807, 2.05) is 19.1 Å². The molecule has 5 rings (SSSR count). The molecule has 2 fully saturated rings. The Morgan fingerprint density at radius 2 is 1.88 bits per heavy atom. The number of rotatable bonds is 5. The van der Waals surface area contributed by atoms with Gasteiger partial charge in [0.2, 0.25) is 15.8 Å². The van der Waals surface area contributed by atoms with Crippen molar-refractivity contribution >= 4 is 27.2 Å². The van der Waals surface area contributed by atoms with Gasteiger partial charge in [0.15, 0.2) is 11.5 Å². The Kier molecular flexibility index (Phi) is 5.78. The van der Waals surface area contributed by atoms with Crippen LogP contribution in [0.3, 0.4) is 0 Å². The lowest BCUT2D eigenvalue weighted by atomic mass is 10.1. The van der Waals surface area contributed by atoms with Crippen LogP contribution >= 0.6 is 0 Å². The van der Waals surface area contributed by atoms with Crippen molar-refractivity contribution in [3.63, 3.8) is 0 Å². The van der Waals surface area contributed by atoms with E-state index in [-0.39, 0.29) is 0 Å². The van der Waals surface area contributed by atoms with Crippen molar-refractivity contribution in [3.8, 4) is 17.1 Å². The van der Waals surface area contributed by atoms with Crippen LogP contribution in [0.2, 0.25) is 0 Å². The molecular formula is C22H31N6O4S+. The van der Waals surface area contributed by atoms with E-state index in [2.05, 4.69) is 11.0 Å². The van der Waals surface area contributed by atoms with Crippen LogP contribution in [0.5, 0.6) is 5.75 Å². The number of fused-ring (bicyclic) bond motifs is 7. The summed E-state index contributed by atoms with van der Waals surface area (Å²) in [6.45, 7) is 7.91. The molecule has 3 aliphatic rings. The number of hydrogen-bond donors (Lipinski definition) is 1. The number of hydrogen-bond acceptors (Lipinski definition) is 8. The molecule has 0 atom stereocenters. The molecule has 0 radical (unpaired) electrons. The molecule has 2 saturated heterocycles. The Balaban J connectivity index is 1.57. The Morgan fingerprint density at radius 3 is 2.55 bits per heavy atom. The zero-order valence-corrected chi connectivity index (χ0v) is 20.0. The summed E-state index contributed by atoms with van der Waals surface area (Å²) in [5.41, 5.74) is 9.98. The first-order valence-corrected chi connectivity index (χ1v) is 13.2. The van der Waals surface area contributed by atoms with Crippen LogP contribution in [0.15, 0.2) is 18.2 Å². The largest absolute Gasteiger partial charge is 0.485 e. The van der Waals surface area contributed by atoms with Gasteiger partial charge in [-0.15, -0.1) is 0 Å². The summed E-state index contributed by atoms with van der Waals surface area (Å²) < 4.78 is 37.7. The molecule has 3 aliphatic heterocycles. The molecule has 1 aromatic carbocycles. The van der Waals surface area contributed by atoms with Crippen molar-refractivity contribution in [2.75, 3.05) is 71.1 Å². The number of nitrogens with zero attached hydrogens (tertiary/aromatic N) is 5. The number of sulfonamides is 1. The van der Waals surface area contributed by atoms with Crippen molar-refractivity contribution in [3.05, 3.63) is 23.9 Å². The van der Waals surface area contributed by atoms with Gasteiger partial charge < -0.3 is 15.2 Å². The molecule has 11 heteroatoms. The van der Waals surface area contributed by atoms with Crippen molar-refractivity contribution in [2.24, 2.45) is 0 Å². The number of ether oxygens (including phenoxy) is 2. The van der Waals surface area contributed by atoms with Gasteiger partial charge in [0.1, 0.15) is 18.8 Å². The third-order valence-electron chi connectivity index (χ3n) is 6.77. The second kappa shape index (κ2) is 8.48. The van der Waals surface area contributed by atoms with E-state index in [0.29, 0.717) is 68.6 Å². The van der Waals surface area contributed by atoms with Crippen LogP contribution in [0.1, 0.15) is 12.6 Å². The van der Waals surface area contributed by atoms with E-state index in [1.165, 1.54) is 10.6 Å². The molecule has 1 aromatic heterocycles. The molecule has 178 valence electrons. The zero-order valence-electron chi connectivity index (χ0n) is 19.2. The van der Waals surface area contributed by atoms with Crippen LogP contribution in [0.25, 0.3) is 11.4 Å². The number of benzene rings is 1. The standard InChI is InChI=1S/C22H31N6O4S/c1-3-32-20-18(15-26-6-8-27(9-7-26)33(2,29)30)24-21-16-4-5-17(23)19(14-16)28(22(20)25-21)10-12-31-13-11-28/h4-5,14H,3,6-13,15,23H2,1-2H3/q+1. The van der Waals surface area contributed by atoms with Crippen LogP contribution in [0.4, 0.5) is 17.2 Å². The third-order valence-corrected chi connectivity index (χ3v) is 8.07. The third kappa shape index (κ3) is 3.97. The van der Waals surface area contributed by atoms with Crippen molar-refractivity contribution in [1.29, 1.82) is 0 Å². The van der Waals surface area contributed by atoms with Crippen molar-refractivity contribution in [1.82, 2.24) is 23.7 Å². The zero-order chi connectivity index (χ0) is 23.2. The predicted octanol–water partition coefficient (Wildman–Crippen LogP) is 1.18. The van der Waals surface area contributed by atoms with Gasteiger partial charge in [0, 0.05) is 44.4 Å². The summed E-state index contributed by atoms with van der Waals surface area (Å²) in [7, 11) is -3.18. The minimum atomic E-state index is -3.18. The van der Waals surface area contributed by atoms with E-state index >= 15 is 0 Å². The number of nitrogens with two attached hydrogens (primary N) is 1. The summed E-state index contributed by atoms with van der Waals surface area (Å²) in [4.78, 5) is 12.2. The van der Waals surface area contributed by atoms with Gasteiger partial charge in [-0.05, 0) is 19.1 Å². The molecule has 2 N–H and O–H groups in total. The highest BCUT2D eigenvalue weighted by molar-refractivity contribution is 7.88. The smallest absolute Gasteiger partial charge is 0.280 e. The monoisotopic (exact) mass is 475 g/mol. The summed E-state index contributed by atoms with van der Waals surface area (Å²) in [5, 5.41) is 0. The number of aromatic nitrogens is 2. The lowest BCUT2D eigenvalue weighted by molar-refractivity contribution is 0.0621. The average Bonchev–Trinajstić information content (AvgIpc) is 2.88. The Hall–Kier alpha value is -2.31. The van der Waals surface area contributed by atoms with Crippen LogP contribution < -0.4 is 15.0 Å². The first-order valence-electron chi connectivity index (χ1n) is 11.4. The summed E-state index contributed by atoms with van der Waals surface area (Å²) in [5.74, 6) is 2.21. The van der Waals surface area contributed by atoms with Gasteiger partial charge in [-0.3, -0.25) is 4.90 Å². The van der Waals surface area contributed by atoms with Gasteiger partial charge in [-0.25, -0.2) is 17.9 Å². The van der Waals surface area contributed by atoms with E-state index in [1.54, 1.807) is 0 Å². The molecule has 2 aromatic rings. The molecule has 10 nitrogen and oxygen atoms in total. The summed E-state index contributed by atoms with van der Waals surface area (Å²) in [6, 6.07) is 6.01. The highest BCUT2D eigenvalue weighted by atomic mass is 32.2. The number of nitrogen functional groups attached to an aromatic ring is 1. The maximum Gasteiger partial charge on any atom is 0.280 e. The molecule has 0 aliphatic carbocycles. The molecule has 33 heavy (non-hydrogen) atoms. The molecule has 4 heterocycles. The van der Waals surface area contributed by atoms with Crippen molar-refractivity contribution < 1.29 is 17.9 Å². The number of piperazine rings is 1. The van der Waals surface area contributed by atoms with E-state index < -0.39 is 10.0 Å². The van der Waals surface area contributed by atoms with Crippen LogP contribution in [-0.4, -0.2) is 92.9 Å². The van der Waals surface area contributed by atoms with E-state index in [9.17, 15) is 8.42 Å². The second-order valence-electron chi connectivity index (χ2n) is 8.82. The average molecular weight is 476 g/mol. The fraction of sp³-hybridized carbons (Fsp3) is 0.545. The van der Waals surface area contributed by atoms with Gasteiger partial charge in [-0.2, -0.15) is 9.29 Å². The minimum Gasteiger partial charge on any atom is -0.485 e. The maximum absolute atomic E-state index is 11.9. The molecule has 0 saturated carbocycles.